The van der Waals surface area contributed by atoms with Crippen LogP contribution < -0.4 is 4.74 Å². The molecule has 0 bridgehead atoms. The number of methoxy groups -OCH3 is 1. The molecule has 3 nitrogen and oxygen atoms in total. The van der Waals surface area contributed by atoms with Crippen LogP contribution >= 0.6 is 23.4 Å². The van der Waals surface area contributed by atoms with Crippen molar-refractivity contribution in [2.45, 2.75) is 10.8 Å². The first-order valence-electron chi connectivity index (χ1n) is 8.34. The first-order valence-corrected chi connectivity index (χ1v) is 9.71. The molecule has 0 amide bonds. The van der Waals surface area contributed by atoms with E-state index in [2.05, 4.69) is 4.98 Å². The SMILES string of the molecule is COc1ccc(/C=C/C(=O)c2ccc(Cl)cc2)cc1CSc1ccccn1. The number of carbonyl (C=O) groups excluding carboxylic acids is 1. The van der Waals surface area contributed by atoms with E-state index in [-0.39, 0.29) is 5.78 Å². The lowest BCUT2D eigenvalue weighted by Crippen LogP contribution is -1.94. The quantitative estimate of drug-likeness (QED) is 0.282. The van der Waals surface area contributed by atoms with E-state index in [1.807, 2.05) is 42.5 Å². The Labute approximate surface area is 168 Å². The summed E-state index contributed by atoms with van der Waals surface area (Å²) in [6.45, 7) is 0. The molecule has 1 heterocycles. The van der Waals surface area contributed by atoms with Crippen LogP contribution in [-0.4, -0.2) is 17.9 Å². The van der Waals surface area contributed by atoms with Crippen LogP contribution in [0, 0.1) is 0 Å². The smallest absolute Gasteiger partial charge is 0.185 e. The summed E-state index contributed by atoms with van der Waals surface area (Å²) >= 11 is 7.50. The Morgan fingerprint density at radius 3 is 2.67 bits per heavy atom. The number of ether oxygens (including phenoxy) is 1. The Balaban J connectivity index is 1.73. The number of hydrogen-bond acceptors (Lipinski definition) is 4. The maximum absolute atomic E-state index is 12.3. The molecule has 0 spiro atoms. The summed E-state index contributed by atoms with van der Waals surface area (Å²) in [5.74, 6) is 1.49. The molecular formula is C22H18ClNO2S. The highest BCUT2D eigenvalue weighted by molar-refractivity contribution is 7.98. The average Bonchev–Trinajstić information content (AvgIpc) is 2.71. The van der Waals surface area contributed by atoms with Crippen LogP contribution in [-0.2, 0) is 5.75 Å². The van der Waals surface area contributed by atoms with E-state index in [4.69, 9.17) is 16.3 Å². The van der Waals surface area contributed by atoms with Crippen molar-refractivity contribution in [3.05, 3.63) is 94.6 Å². The number of rotatable bonds is 7. The molecule has 5 heteroatoms. The van der Waals surface area contributed by atoms with Gasteiger partial charge in [-0.1, -0.05) is 29.8 Å². The highest BCUT2D eigenvalue weighted by Gasteiger charge is 2.06. The molecule has 0 radical (unpaired) electrons. The van der Waals surface area contributed by atoms with Gasteiger partial charge in [0.1, 0.15) is 5.75 Å². The molecule has 2 aromatic carbocycles. The third-order valence-electron chi connectivity index (χ3n) is 3.87. The zero-order chi connectivity index (χ0) is 19.1. The predicted molar refractivity (Wildman–Crippen MR) is 112 cm³/mol. The molecule has 0 aliphatic rings. The Kier molecular flexibility index (Phi) is 6.69. The van der Waals surface area contributed by atoms with Gasteiger partial charge in [0, 0.05) is 28.1 Å². The minimum absolute atomic E-state index is 0.0631. The van der Waals surface area contributed by atoms with E-state index in [1.165, 1.54) is 0 Å². The summed E-state index contributed by atoms with van der Waals surface area (Å²) in [5, 5.41) is 1.57. The van der Waals surface area contributed by atoms with Crippen molar-refractivity contribution < 1.29 is 9.53 Å². The monoisotopic (exact) mass is 395 g/mol. The molecule has 0 saturated heterocycles. The highest BCUT2D eigenvalue weighted by Crippen LogP contribution is 2.28. The molecule has 3 aromatic rings. The lowest BCUT2D eigenvalue weighted by molar-refractivity contribution is 0.104. The summed E-state index contributed by atoms with van der Waals surface area (Å²) in [4.78, 5) is 16.6. The van der Waals surface area contributed by atoms with Crippen molar-refractivity contribution in [2.24, 2.45) is 0 Å². The second kappa shape index (κ2) is 9.40. The van der Waals surface area contributed by atoms with Crippen molar-refractivity contribution >= 4 is 35.2 Å². The van der Waals surface area contributed by atoms with Gasteiger partial charge in [-0.2, -0.15) is 0 Å². The van der Waals surface area contributed by atoms with E-state index < -0.39 is 0 Å². The van der Waals surface area contributed by atoms with Gasteiger partial charge in [0.15, 0.2) is 5.78 Å². The molecule has 0 unspecified atom stereocenters. The maximum atomic E-state index is 12.3. The summed E-state index contributed by atoms with van der Waals surface area (Å²) in [6.07, 6.45) is 5.16. The van der Waals surface area contributed by atoms with Crippen LogP contribution in [0.1, 0.15) is 21.5 Å². The fraction of sp³-hybridized carbons (Fsp3) is 0.0909. The number of pyridine rings is 1. The topological polar surface area (TPSA) is 39.2 Å². The third kappa shape index (κ3) is 5.46. The van der Waals surface area contributed by atoms with Gasteiger partial charge in [0.05, 0.1) is 12.1 Å². The van der Waals surface area contributed by atoms with E-state index >= 15 is 0 Å². The molecule has 27 heavy (non-hydrogen) atoms. The van der Waals surface area contributed by atoms with Crippen LogP contribution in [0.5, 0.6) is 5.75 Å². The van der Waals surface area contributed by atoms with Crippen molar-refractivity contribution in [3.63, 3.8) is 0 Å². The van der Waals surface area contributed by atoms with Crippen molar-refractivity contribution in [3.8, 4) is 5.75 Å². The van der Waals surface area contributed by atoms with Gasteiger partial charge < -0.3 is 4.74 Å². The van der Waals surface area contributed by atoms with Gasteiger partial charge in [-0.05, 0) is 60.2 Å². The van der Waals surface area contributed by atoms with Crippen LogP contribution in [0.2, 0.25) is 5.02 Å². The Bertz CT molecular complexity index is 940. The standard InChI is InChI=1S/C22H18ClNO2S/c1-26-21-12-6-16(5-11-20(25)17-7-9-19(23)10-8-17)14-18(21)15-27-22-4-2-3-13-24-22/h2-14H,15H2,1H3/b11-5+. The van der Waals surface area contributed by atoms with Crippen molar-refractivity contribution in [1.29, 1.82) is 0 Å². The number of halogens is 1. The number of carbonyl (C=O) groups is 1. The fourth-order valence-corrected chi connectivity index (χ4v) is 3.45. The molecule has 136 valence electrons. The summed E-state index contributed by atoms with van der Waals surface area (Å²) in [6, 6.07) is 18.6. The molecule has 0 N–H and O–H groups in total. The Morgan fingerprint density at radius 2 is 1.96 bits per heavy atom. The van der Waals surface area contributed by atoms with Crippen LogP contribution in [0.15, 0.2) is 78.0 Å². The number of aromatic nitrogens is 1. The number of thioether (sulfide) groups is 1. The average molecular weight is 396 g/mol. The number of nitrogens with zero attached hydrogens (tertiary/aromatic N) is 1. The lowest BCUT2D eigenvalue weighted by Gasteiger charge is -2.09. The normalized spacial score (nSPS) is 10.9. The largest absolute Gasteiger partial charge is 0.496 e. The maximum Gasteiger partial charge on any atom is 0.185 e. The zero-order valence-corrected chi connectivity index (χ0v) is 16.3. The van der Waals surface area contributed by atoms with Crippen LogP contribution in [0.4, 0.5) is 0 Å². The zero-order valence-electron chi connectivity index (χ0n) is 14.8. The van der Waals surface area contributed by atoms with Crippen molar-refractivity contribution in [1.82, 2.24) is 4.98 Å². The van der Waals surface area contributed by atoms with Gasteiger partial charge in [0.25, 0.3) is 0 Å². The lowest BCUT2D eigenvalue weighted by atomic mass is 10.1. The predicted octanol–water partition coefficient (Wildman–Crippen LogP) is 5.93. The van der Waals surface area contributed by atoms with Gasteiger partial charge in [0.2, 0.25) is 0 Å². The Morgan fingerprint density at radius 1 is 1.15 bits per heavy atom. The summed E-state index contributed by atoms with van der Waals surface area (Å²) in [7, 11) is 1.66. The molecule has 0 aliphatic carbocycles. The second-order valence-corrected chi connectivity index (χ2v) is 7.16. The minimum Gasteiger partial charge on any atom is -0.496 e. The van der Waals surface area contributed by atoms with E-state index in [1.54, 1.807) is 55.4 Å². The molecule has 3 rings (SSSR count). The summed E-state index contributed by atoms with van der Waals surface area (Å²) < 4.78 is 5.46. The Hall–Kier alpha value is -2.56. The van der Waals surface area contributed by atoms with Crippen LogP contribution in [0.25, 0.3) is 6.08 Å². The minimum atomic E-state index is -0.0631. The number of benzene rings is 2. The molecule has 0 saturated carbocycles. The number of hydrogen-bond donors (Lipinski definition) is 0. The first-order chi connectivity index (χ1) is 13.2. The van der Waals surface area contributed by atoms with E-state index in [0.717, 1.165) is 27.7 Å². The molecule has 0 fully saturated rings. The molecule has 0 atom stereocenters. The molecule has 1 aromatic heterocycles. The highest BCUT2D eigenvalue weighted by atomic mass is 35.5. The molecular weight excluding hydrogens is 378 g/mol. The van der Waals surface area contributed by atoms with Gasteiger partial charge in [-0.3, -0.25) is 4.79 Å². The molecule has 0 aliphatic heterocycles. The van der Waals surface area contributed by atoms with Crippen LogP contribution in [0.3, 0.4) is 0 Å². The van der Waals surface area contributed by atoms with Gasteiger partial charge >= 0.3 is 0 Å². The fourth-order valence-electron chi connectivity index (χ4n) is 2.48. The number of allylic oxidation sites excluding steroid dienone is 1. The van der Waals surface area contributed by atoms with Gasteiger partial charge in [-0.15, -0.1) is 11.8 Å². The first kappa shape index (κ1) is 19.2. The van der Waals surface area contributed by atoms with E-state index in [0.29, 0.717) is 10.6 Å². The third-order valence-corrected chi connectivity index (χ3v) is 5.12. The van der Waals surface area contributed by atoms with E-state index in [9.17, 15) is 4.79 Å². The van der Waals surface area contributed by atoms with Crippen molar-refractivity contribution in [2.75, 3.05) is 7.11 Å². The second-order valence-electron chi connectivity index (χ2n) is 5.73. The summed E-state index contributed by atoms with van der Waals surface area (Å²) in [5.41, 5.74) is 2.60. The van der Waals surface area contributed by atoms with Gasteiger partial charge in [-0.25, -0.2) is 4.98 Å². The number of ketones is 1.